The highest BCUT2D eigenvalue weighted by molar-refractivity contribution is 5.95. The van der Waals surface area contributed by atoms with Gasteiger partial charge in [-0.3, -0.25) is 4.79 Å². The number of fused-ring (bicyclic) bond motifs is 1. The van der Waals surface area contributed by atoms with Crippen LogP contribution in [0.25, 0.3) is 0 Å². The normalized spacial score (nSPS) is 14.5. The zero-order chi connectivity index (χ0) is 13.8. The number of carbonyl (C=O) groups excluding carboxylic acids is 1. The molecule has 2 rings (SSSR count). The molecular formula is C13H17NO5. The van der Waals surface area contributed by atoms with Gasteiger partial charge in [-0.1, -0.05) is 0 Å². The molecule has 0 radical (unpaired) electrons. The number of rotatable bonds is 5. The van der Waals surface area contributed by atoms with Crippen molar-refractivity contribution >= 4 is 5.91 Å². The lowest BCUT2D eigenvalue weighted by Gasteiger charge is -2.22. The van der Waals surface area contributed by atoms with Gasteiger partial charge in [0.15, 0.2) is 17.8 Å². The smallest absolute Gasteiger partial charge is 0.251 e. The SMILES string of the molecule is COC(OC)C(C)NC(=O)c1ccc2c(c1)OCO2. The van der Waals surface area contributed by atoms with Crippen molar-refractivity contribution < 1.29 is 23.7 Å². The summed E-state index contributed by atoms with van der Waals surface area (Å²) >= 11 is 0. The number of ether oxygens (including phenoxy) is 4. The van der Waals surface area contributed by atoms with E-state index in [2.05, 4.69) is 5.32 Å². The predicted octanol–water partition coefficient (Wildman–Crippen LogP) is 1.15. The summed E-state index contributed by atoms with van der Waals surface area (Å²) < 4.78 is 20.6. The summed E-state index contributed by atoms with van der Waals surface area (Å²) in [5, 5.41) is 2.80. The van der Waals surface area contributed by atoms with Crippen molar-refractivity contribution in [3.05, 3.63) is 23.8 Å². The second kappa shape index (κ2) is 5.90. The standard InChI is InChI=1S/C13H17NO5/c1-8(13(16-2)17-3)14-12(15)9-4-5-10-11(6-9)19-7-18-10/h4-6,8,13H,7H2,1-3H3,(H,14,15). The van der Waals surface area contributed by atoms with Gasteiger partial charge in [0.05, 0.1) is 6.04 Å². The summed E-state index contributed by atoms with van der Waals surface area (Å²) in [6.07, 6.45) is -0.488. The molecule has 1 atom stereocenters. The minimum absolute atomic E-state index is 0.187. The van der Waals surface area contributed by atoms with Gasteiger partial charge in [0.2, 0.25) is 6.79 Å². The molecule has 6 heteroatoms. The number of carbonyl (C=O) groups is 1. The van der Waals surface area contributed by atoms with Crippen molar-refractivity contribution in [2.45, 2.75) is 19.3 Å². The van der Waals surface area contributed by atoms with E-state index in [0.29, 0.717) is 17.1 Å². The molecule has 0 spiro atoms. The van der Waals surface area contributed by atoms with Crippen molar-refractivity contribution in [1.29, 1.82) is 0 Å². The Labute approximate surface area is 111 Å². The van der Waals surface area contributed by atoms with E-state index in [1.54, 1.807) is 18.2 Å². The molecule has 0 bridgehead atoms. The Morgan fingerprint density at radius 3 is 2.63 bits per heavy atom. The molecule has 1 amide bonds. The first kappa shape index (κ1) is 13.6. The lowest BCUT2D eigenvalue weighted by molar-refractivity contribution is -0.117. The van der Waals surface area contributed by atoms with Crippen LogP contribution in [0.2, 0.25) is 0 Å². The van der Waals surface area contributed by atoms with Crippen LogP contribution in [0.3, 0.4) is 0 Å². The van der Waals surface area contributed by atoms with Crippen LogP contribution in [0.1, 0.15) is 17.3 Å². The van der Waals surface area contributed by atoms with Gasteiger partial charge in [0.25, 0.3) is 5.91 Å². The minimum atomic E-state index is -0.488. The maximum Gasteiger partial charge on any atom is 0.251 e. The zero-order valence-electron chi connectivity index (χ0n) is 11.1. The molecular weight excluding hydrogens is 250 g/mol. The highest BCUT2D eigenvalue weighted by Crippen LogP contribution is 2.32. The largest absolute Gasteiger partial charge is 0.454 e. The topological polar surface area (TPSA) is 66.0 Å². The van der Waals surface area contributed by atoms with E-state index < -0.39 is 6.29 Å². The van der Waals surface area contributed by atoms with Gasteiger partial charge >= 0.3 is 0 Å². The van der Waals surface area contributed by atoms with Gasteiger partial charge in [-0.2, -0.15) is 0 Å². The van der Waals surface area contributed by atoms with Gasteiger partial charge in [-0.15, -0.1) is 0 Å². The third-order valence-electron chi connectivity index (χ3n) is 2.87. The van der Waals surface area contributed by atoms with Crippen molar-refractivity contribution in [3.63, 3.8) is 0 Å². The molecule has 6 nitrogen and oxygen atoms in total. The van der Waals surface area contributed by atoms with E-state index >= 15 is 0 Å². The van der Waals surface area contributed by atoms with Crippen LogP contribution in [0.5, 0.6) is 11.5 Å². The average molecular weight is 267 g/mol. The number of hydrogen-bond acceptors (Lipinski definition) is 5. The molecule has 0 saturated carbocycles. The third-order valence-corrected chi connectivity index (χ3v) is 2.87. The fourth-order valence-electron chi connectivity index (χ4n) is 1.90. The predicted molar refractivity (Wildman–Crippen MR) is 67.3 cm³/mol. The monoisotopic (exact) mass is 267 g/mol. The van der Waals surface area contributed by atoms with E-state index in [-0.39, 0.29) is 18.7 Å². The van der Waals surface area contributed by atoms with Crippen LogP contribution in [-0.2, 0) is 9.47 Å². The molecule has 0 fully saturated rings. The van der Waals surface area contributed by atoms with Gasteiger partial charge in [0, 0.05) is 19.8 Å². The maximum absolute atomic E-state index is 12.1. The van der Waals surface area contributed by atoms with Gasteiger partial charge in [-0.25, -0.2) is 0 Å². The van der Waals surface area contributed by atoms with Crippen LogP contribution in [0, 0.1) is 0 Å². The second-order valence-electron chi connectivity index (χ2n) is 4.17. The summed E-state index contributed by atoms with van der Waals surface area (Å²) in [6.45, 7) is 1.99. The van der Waals surface area contributed by atoms with E-state index in [1.807, 2.05) is 6.92 Å². The lowest BCUT2D eigenvalue weighted by atomic mass is 10.1. The zero-order valence-corrected chi connectivity index (χ0v) is 11.1. The summed E-state index contributed by atoms with van der Waals surface area (Å²) in [7, 11) is 3.05. The van der Waals surface area contributed by atoms with Gasteiger partial charge < -0.3 is 24.3 Å². The van der Waals surface area contributed by atoms with E-state index in [9.17, 15) is 4.79 Å². The lowest BCUT2D eigenvalue weighted by Crippen LogP contribution is -2.42. The number of benzene rings is 1. The first-order valence-electron chi connectivity index (χ1n) is 5.92. The molecule has 1 aliphatic rings. The Balaban J connectivity index is 2.04. The van der Waals surface area contributed by atoms with Crippen LogP contribution >= 0.6 is 0 Å². The highest BCUT2D eigenvalue weighted by Gasteiger charge is 2.21. The number of nitrogens with one attached hydrogen (secondary N) is 1. The molecule has 19 heavy (non-hydrogen) atoms. The van der Waals surface area contributed by atoms with Crippen molar-refractivity contribution in [3.8, 4) is 11.5 Å². The van der Waals surface area contributed by atoms with Gasteiger partial charge in [0.1, 0.15) is 0 Å². The molecule has 1 unspecified atom stereocenters. The molecule has 104 valence electrons. The van der Waals surface area contributed by atoms with Crippen LogP contribution in [0.15, 0.2) is 18.2 Å². The van der Waals surface area contributed by atoms with Crippen molar-refractivity contribution in [1.82, 2.24) is 5.32 Å². The summed E-state index contributed by atoms with van der Waals surface area (Å²) in [6, 6.07) is 4.78. The van der Waals surface area contributed by atoms with Crippen LogP contribution < -0.4 is 14.8 Å². The Bertz CT molecular complexity index is 458. The quantitative estimate of drug-likeness (QED) is 0.811. The van der Waals surface area contributed by atoms with Gasteiger partial charge in [-0.05, 0) is 25.1 Å². The Hall–Kier alpha value is -1.79. The number of methoxy groups -OCH3 is 2. The molecule has 0 aliphatic carbocycles. The fraction of sp³-hybridized carbons (Fsp3) is 0.462. The Morgan fingerprint density at radius 1 is 1.26 bits per heavy atom. The molecule has 1 aromatic rings. The third kappa shape index (κ3) is 2.97. The molecule has 1 N–H and O–H groups in total. The van der Waals surface area contributed by atoms with Crippen molar-refractivity contribution in [2.24, 2.45) is 0 Å². The van der Waals surface area contributed by atoms with Crippen LogP contribution in [0.4, 0.5) is 0 Å². The van der Waals surface area contributed by atoms with Crippen LogP contribution in [-0.4, -0.2) is 39.3 Å². The maximum atomic E-state index is 12.1. The molecule has 1 heterocycles. The first-order valence-corrected chi connectivity index (χ1v) is 5.92. The van der Waals surface area contributed by atoms with E-state index in [0.717, 1.165) is 0 Å². The second-order valence-corrected chi connectivity index (χ2v) is 4.17. The highest BCUT2D eigenvalue weighted by atomic mass is 16.7. The first-order chi connectivity index (χ1) is 9.15. The molecule has 0 saturated heterocycles. The number of amides is 1. The Kier molecular flexibility index (Phi) is 4.24. The molecule has 1 aliphatic heterocycles. The molecule has 0 aromatic heterocycles. The summed E-state index contributed by atoms with van der Waals surface area (Å²) in [5.74, 6) is 1.01. The van der Waals surface area contributed by atoms with Crippen molar-refractivity contribution in [2.75, 3.05) is 21.0 Å². The van der Waals surface area contributed by atoms with E-state index in [1.165, 1.54) is 14.2 Å². The minimum Gasteiger partial charge on any atom is -0.454 e. The fourth-order valence-corrected chi connectivity index (χ4v) is 1.90. The number of hydrogen-bond donors (Lipinski definition) is 1. The van der Waals surface area contributed by atoms with E-state index in [4.69, 9.17) is 18.9 Å². The average Bonchev–Trinajstić information content (AvgIpc) is 2.87. The molecule has 1 aromatic carbocycles. The Morgan fingerprint density at radius 2 is 1.95 bits per heavy atom. The summed E-state index contributed by atoms with van der Waals surface area (Å²) in [5.41, 5.74) is 0.502. The summed E-state index contributed by atoms with van der Waals surface area (Å²) in [4.78, 5) is 12.1.